The first-order valence-corrected chi connectivity index (χ1v) is 7.31. The molecule has 1 aliphatic rings. The van der Waals surface area contributed by atoms with E-state index in [-0.39, 0.29) is 11.5 Å². The van der Waals surface area contributed by atoms with E-state index >= 15 is 0 Å². The van der Waals surface area contributed by atoms with Crippen LogP contribution < -0.4 is 5.56 Å². The van der Waals surface area contributed by atoms with E-state index < -0.39 is 6.10 Å². The number of nitrogens with one attached hydrogen (secondary N) is 1. The largest absolute Gasteiger partial charge is 0.368 e. The van der Waals surface area contributed by atoms with Crippen LogP contribution in [-0.4, -0.2) is 50.4 Å². The summed E-state index contributed by atoms with van der Waals surface area (Å²) in [6, 6.07) is 3.00. The highest BCUT2D eigenvalue weighted by molar-refractivity contribution is 5.92. The molecule has 2 aromatic rings. The lowest BCUT2D eigenvalue weighted by Crippen LogP contribution is -2.43. The summed E-state index contributed by atoms with van der Waals surface area (Å²) in [5, 5.41) is 0. The van der Waals surface area contributed by atoms with E-state index in [0.717, 1.165) is 0 Å². The molecule has 1 amide bonds. The first-order chi connectivity index (χ1) is 11.0. The number of aryl methyl sites for hydroxylation is 2. The second-order valence-electron chi connectivity index (χ2n) is 5.36. The molecular formula is C15H17N5O3. The Bertz CT molecular complexity index is 789. The minimum atomic E-state index is -0.420. The van der Waals surface area contributed by atoms with Crippen LogP contribution in [0, 0.1) is 13.8 Å². The van der Waals surface area contributed by atoms with Gasteiger partial charge in [0.25, 0.3) is 11.5 Å². The maximum Gasteiger partial charge on any atom is 0.272 e. The molecule has 8 nitrogen and oxygen atoms in total. The summed E-state index contributed by atoms with van der Waals surface area (Å²) in [5.74, 6) is 0.892. The van der Waals surface area contributed by atoms with Gasteiger partial charge in [-0.25, -0.2) is 15.0 Å². The van der Waals surface area contributed by atoms with Crippen molar-refractivity contribution in [2.45, 2.75) is 20.0 Å². The van der Waals surface area contributed by atoms with Gasteiger partial charge < -0.3 is 14.6 Å². The van der Waals surface area contributed by atoms with Crippen molar-refractivity contribution in [1.82, 2.24) is 24.8 Å². The fraction of sp³-hybridized carbons (Fsp3) is 0.400. The fourth-order valence-electron chi connectivity index (χ4n) is 2.52. The summed E-state index contributed by atoms with van der Waals surface area (Å²) in [6.07, 6.45) is 1.14. The summed E-state index contributed by atoms with van der Waals surface area (Å²) < 4.78 is 5.67. The van der Waals surface area contributed by atoms with Crippen molar-refractivity contribution in [3.8, 4) is 0 Å². The van der Waals surface area contributed by atoms with Crippen molar-refractivity contribution in [2.24, 2.45) is 0 Å². The van der Waals surface area contributed by atoms with E-state index in [1.807, 2.05) is 0 Å². The standard InChI is InChI=1S/C15H17N5O3/c1-9-16-4-3-11(17-9)15(22)20-5-6-23-13(8-20)12-7-14(21)19-10(2)18-12/h3-4,7,13H,5-6,8H2,1-2H3,(H,18,19,21)/t13-/m1/s1. The molecule has 120 valence electrons. The van der Waals surface area contributed by atoms with E-state index in [1.54, 1.807) is 31.0 Å². The molecule has 1 saturated heterocycles. The molecule has 0 bridgehead atoms. The van der Waals surface area contributed by atoms with Crippen LogP contribution in [0.2, 0.25) is 0 Å². The summed E-state index contributed by atoms with van der Waals surface area (Å²) in [7, 11) is 0. The number of rotatable bonds is 2. The predicted octanol–water partition coefficient (Wildman–Crippen LogP) is 0.390. The van der Waals surface area contributed by atoms with Crippen molar-refractivity contribution in [3.05, 3.63) is 51.7 Å². The minimum absolute atomic E-state index is 0.176. The second-order valence-corrected chi connectivity index (χ2v) is 5.36. The first kappa shape index (κ1) is 15.3. The van der Waals surface area contributed by atoms with Crippen molar-refractivity contribution < 1.29 is 9.53 Å². The third-order valence-electron chi connectivity index (χ3n) is 3.56. The Morgan fingerprint density at radius 1 is 1.39 bits per heavy atom. The Labute approximate surface area is 132 Å². The summed E-state index contributed by atoms with van der Waals surface area (Å²) in [5.41, 5.74) is 0.654. The number of carbonyl (C=O) groups excluding carboxylic acids is 1. The lowest BCUT2D eigenvalue weighted by molar-refractivity contribution is -0.0250. The molecule has 3 rings (SSSR count). The molecule has 8 heteroatoms. The lowest BCUT2D eigenvalue weighted by Gasteiger charge is -2.32. The van der Waals surface area contributed by atoms with Gasteiger partial charge in [0.15, 0.2) is 0 Å². The van der Waals surface area contributed by atoms with Gasteiger partial charge in [0.1, 0.15) is 23.4 Å². The van der Waals surface area contributed by atoms with Gasteiger partial charge in [-0.2, -0.15) is 0 Å². The minimum Gasteiger partial charge on any atom is -0.368 e. The molecule has 1 aliphatic heterocycles. The highest BCUT2D eigenvalue weighted by atomic mass is 16.5. The maximum atomic E-state index is 12.6. The van der Waals surface area contributed by atoms with Gasteiger partial charge >= 0.3 is 0 Å². The number of amides is 1. The Kier molecular flexibility index (Phi) is 4.16. The fourth-order valence-corrected chi connectivity index (χ4v) is 2.52. The molecular weight excluding hydrogens is 298 g/mol. The van der Waals surface area contributed by atoms with Crippen LogP contribution in [0.3, 0.4) is 0 Å². The molecule has 3 heterocycles. The zero-order valence-corrected chi connectivity index (χ0v) is 12.9. The average Bonchev–Trinajstić information content (AvgIpc) is 2.53. The third kappa shape index (κ3) is 3.42. The Morgan fingerprint density at radius 2 is 2.22 bits per heavy atom. The van der Waals surface area contributed by atoms with E-state index in [1.165, 1.54) is 6.07 Å². The molecule has 1 atom stereocenters. The number of aromatic nitrogens is 4. The van der Waals surface area contributed by atoms with Gasteiger partial charge in [-0.3, -0.25) is 9.59 Å². The molecule has 1 fully saturated rings. The molecule has 0 aromatic carbocycles. The van der Waals surface area contributed by atoms with E-state index in [0.29, 0.717) is 42.7 Å². The zero-order chi connectivity index (χ0) is 16.4. The van der Waals surface area contributed by atoms with Crippen LogP contribution in [0.4, 0.5) is 0 Å². The Hall–Kier alpha value is -2.61. The monoisotopic (exact) mass is 315 g/mol. The number of H-pyrrole nitrogens is 1. The molecule has 23 heavy (non-hydrogen) atoms. The van der Waals surface area contributed by atoms with Crippen LogP contribution in [0.25, 0.3) is 0 Å². The third-order valence-corrected chi connectivity index (χ3v) is 3.56. The van der Waals surface area contributed by atoms with Gasteiger partial charge in [-0.15, -0.1) is 0 Å². The van der Waals surface area contributed by atoms with Crippen LogP contribution in [-0.2, 0) is 4.74 Å². The number of aromatic amines is 1. The van der Waals surface area contributed by atoms with Crippen LogP contribution >= 0.6 is 0 Å². The highest BCUT2D eigenvalue weighted by Crippen LogP contribution is 2.20. The highest BCUT2D eigenvalue weighted by Gasteiger charge is 2.28. The molecule has 0 radical (unpaired) electrons. The topological polar surface area (TPSA) is 101 Å². The first-order valence-electron chi connectivity index (χ1n) is 7.31. The molecule has 0 spiro atoms. The average molecular weight is 315 g/mol. The molecule has 0 unspecified atom stereocenters. The zero-order valence-electron chi connectivity index (χ0n) is 12.9. The van der Waals surface area contributed by atoms with Crippen LogP contribution in [0.1, 0.15) is 33.9 Å². The number of carbonyl (C=O) groups is 1. The molecule has 0 aliphatic carbocycles. The van der Waals surface area contributed by atoms with Crippen molar-refractivity contribution in [1.29, 1.82) is 0 Å². The molecule has 1 N–H and O–H groups in total. The summed E-state index contributed by atoms with van der Waals surface area (Å²) in [6.45, 7) is 4.63. The number of ether oxygens (including phenoxy) is 1. The van der Waals surface area contributed by atoms with Crippen LogP contribution in [0.15, 0.2) is 23.1 Å². The summed E-state index contributed by atoms with van der Waals surface area (Å²) >= 11 is 0. The molecule has 2 aromatic heterocycles. The quantitative estimate of drug-likeness (QED) is 0.860. The molecule has 0 saturated carbocycles. The smallest absolute Gasteiger partial charge is 0.272 e. The van der Waals surface area contributed by atoms with Crippen LogP contribution in [0.5, 0.6) is 0 Å². The maximum absolute atomic E-state index is 12.6. The second kappa shape index (κ2) is 6.25. The van der Waals surface area contributed by atoms with Gasteiger partial charge in [0, 0.05) is 18.8 Å². The van der Waals surface area contributed by atoms with E-state index in [9.17, 15) is 9.59 Å². The predicted molar refractivity (Wildman–Crippen MR) is 81.0 cm³/mol. The van der Waals surface area contributed by atoms with Gasteiger partial charge in [0.2, 0.25) is 0 Å². The normalized spacial score (nSPS) is 18.0. The number of hydrogen-bond donors (Lipinski definition) is 1. The van der Waals surface area contributed by atoms with E-state index in [4.69, 9.17) is 4.74 Å². The van der Waals surface area contributed by atoms with Gasteiger partial charge in [-0.05, 0) is 19.9 Å². The van der Waals surface area contributed by atoms with Crippen molar-refractivity contribution in [2.75, 3.05) is 19.7 Å². The summed E-state index contributed by atoms with van der Waals surface area (Å²) in [4.78, 5) is 40.8. The van der Waals surface area contributed by atoms with Crippen molar-refractivity contribution >= 4 is 5.91 Å². The Balaban J connectivity index is 1.80. The van der Waals surface area contributed by atoms with Gasteiger partial charge in [0.05, 0.1) is 18.8 Å². The van der Waals surface area contributed by atoms with Crippen molar-refractivity contribution in [3.63, 3.8) is 0 Å². The number of nitrogens with zero attached hydrogens (tertiary/aromatic N) is 4. The number of hydrogen-bond acceptors (Lipinski definition) is 6. The number of morpholine rings is 1. The van der Waals surface area contributed by atoms with Gasteiger partial charge in [-0.1, -0.05) is 0 Å². The van der Waals surface area contributed by atoms with E-state index in [2.05, 4.69) is 19.9 Å². The SMILES string of the molecule is Cc1nccc(C(=O)N2CCO[C@@H](c3cc(=O)[nH]c(C)n3)C2)n1. The Morgan fingerprint density at radius 3 is 2.96 bits per heavy atom. The lowest BCUT2D eigenvalue weighted by atomic mass is 10.2.